The van der Waals surface area contributed by atoms with Crippen molar-refractivity contribution in [2.75, 3.05) is 19.0 Å². The van der Waals surface area contributed by atoms with Crippen LogP contribution < -0.4 is 15.4 Å². The second-order valence-electron chi connectivity index (χ2n) is 8.51. The summed E-state index contributed by atoms with van der Waals surface area (Å²) in [6.07, 6.45) is 7.62. The van der Waals surface area contributed by atoms with Gasteiger partial charge in [-0.15, -0.1) is 0 Å². The van der Waals surface area contributed by atoms with Crippen molar-refractivity contribution in [3.63, 3.8) is 0 Å². The minimum absolute atomic E-state index is 0.0493. The molecule has 1 aliphatic carbocycles. The van der Waals surface area contributed by atoms with Crippen molar-refractivity contribution in [3.8, 4) is 5.75 Å². The van der Waals surface area contributed by atoms with Crippen molar-refractivity contribution in [3.05, 3.63) is 58.1 Å². The quantitative estimate of drug-likeness (QED) is 0.307. The molecule has 0 heterocycles. The van der Waals surface area contributed by atoms with Crippen molar-refractivity contribution in [1.29, 1.82) is 0 Å². The van der Waals surface area contributed by atoms with Crippen molar-refractivity contribution >= 4 is 50.8 Å². The fourth-order valence-corrected chi connectivity index (χ4v) is 4.71. The molecule has 0 aliphatic heterocycles. The van der Waals surface area contributed by atoms with E-state index in [9.17, 15) is 9.59 Å². The number of para-hydroxylation sites is 1. The lowest BCUT2D eigenvalue weighted by atomic mass is 9.94. The van der Waals surface area contributed by atoms with E-state index in [1.165, 1.54) is 6.42 Å². The molecule has 0 radical (unpaired) electrons. The lowest BCUT2D eigenvalue weighted by Gasteiger charge is -2.31. The second-order valence-corrected chi connectivity index (χ2v) is 9.77. The van der Waals surface area contributed by atoms with Gasteiger partial charge in [0.1, 0.15) is 5.75 Å². The molecule has 0 spiro atoms. The number of ether oxygens (including phenoxy) is 1. The molecule has 0 saturated heterocycles. The summed E-state index contributed by atoms with van der Waals surface area (Å²) < 4.78 is 6.42. The van der Waals surface area contributed by atoms with E-state index in [1.54, 1.807) is 30.3 Å². The molecular formula is C26H32BrN3O3S. The first-order valence-corrected chi connectivity index (χ1v) is 13.0. The molecule has 8 heteroatoms. The summed E-state index contributed by atoms with van der Waals surface area (Å²) in [5, 5.41) is 5.85. The number of unbranched alkanes of at least 4 members (excludes halogenated alkanes) is 1. The molecule has 182 valence electrons. The molecule has 34 heavy (non-hydrogen) atoms. The highest BCUT2D eigenvalue weighted by Gasteiger charge is 2.24. The van der Waals surface area contributed by atoms with Gasteiger partial charge in [0.25, 0.3) is 11.8 Å². The summed E-state index contributed by atoms with van der Waals surface area (Å²) >= 11 is 8.84. The topological polar surface area (TPSA) is 70.7 Å². The normalized spacial score (nSPS) is 13.7. The molecule has 6 nitrogen and oxygen atoms in total. The van der Waals surface area contributed by atoms with E-state index in [1.807, 2.05) is 24.1 Å². The maximum Gasteiger partial charge on any atom is 0.257 e. The Morgan fingerprint density at radius 1 is 1.15 bits per heavy atom. The van der Waals surface area contributed by atoms with Crippen molar-refractivity contribution in [2.24, 2.45) is 0 Å². The van der Waals surface area contributed by atoms with Crippen LogP contribution in [0.4, 0.5) is 5.69 Å². The Balaban J connectivity index is 1.63. The Morgan fingerprint density at radius 3 is 2.59 bits per heavy atom. The van der Waals surface area contributed by atoms with Gasteiger partial charge in [0, 0.05) is 18.7 Å². The van der Waals surface area contributed by atoms with Crippen LogP contribution in [0, 0.1) is 0 Å². The molecule has 1 saturated carbocycles. The van der Waals surface area contributed by atoms with Crippen molar-refractivity contribution < 1.29 is 14.3 Å². The van der Waals surface area contributed by atoms with Gasteiger partial charge in [-0.05, 0) is 77.7 Å². The number of anilines is 1. The highest BCUT2D eigenvalue weighted by Crippen LogP contribution is 2.27. The number of thiocarbonyl (C=S) groups is 1. The van der Waals surface area contributed by atoms with Crippen LogP contribution in [0.1, 0.15) is 72.6 Å². The molecule has 1 fully saturated rings. The van der Waals surface area contributed by atoms with Gasteiger partial charge in [0.05, 0.1) is 22.3 Å². The lowest BCUT2D eigenvalue weighted by Crippen LogP contribution is -2.39. The van der Waals surface area contributed by atoms with E-state index >= 15 is 0 Å². The third kappa shape index (κ3) is 7.03. The third-order valence-electron chi connectivity index (χ3n) is 6.03. The van der Waals surface area contributed by atoms with Crippen LogP contribution in [0.25, 0.3) is 0 Å². The van der Waals surface area contributed by atoms with Gasteiger partial charge in [0.2, 0.25) is 0 Å². The molecule has 2 N–H and O–H groups in total. The fourth-order valence-electron chi connectivity index (χ4n) is 4.02. The minimum atomic E-state index is -0.346. The van der Waals surface area contributed by atoms with Crippen LogP contribution >= 0.6 is 28.1 Å². The fraction of sp³-hybridized carbons (Fsp3) is 0.423. The van der Waals surface area contributed by atoms with Gasteiger partial charge in [0.15, 0.2) is 5.11 Å². The highest BCUT2D eigenvalue weighted by molar-refractivity contribution is 9.10. The number of hydrogen-bond acceptors (Lipinski definition) is 4. The molecule has 2 aromatic rings. The second kappa shape index (κ2) is 12.9. The van der Waals surface area contributed by atoms with E-state index in [0.29, 0.717) is 33.6 Å². The van der Waals surface area contributed by atoms with E-state index < -0.39 is 0 Å². The molecule has 0 aromatic heterocycles. The molecule has 2 aromatic carbocycles. The average Bonchev–Trinajstić information content (AvgIpc) is 2.85. The molecule has 1 aliphatic rings. The SMILES string of the molecule is CCCCOc1ccc(C(=O)NC(=S)Nc2ccccc2C(=O)N(C)C2CCCCC2)cc1Br. The zero-order valence-corrected chi connectivity index (χ0v) is 22.1. The number of carbonyl (C=O) groups is 2. The number of hydrogen-bond donors (Lipinski definition) is 2. The van der Waals surface area contributed by atoms with Crippen molar-refractivity contribution in [1.82, 2.24) is 10.2 Å². The zero-order chi connectivity index (χ0) is 24.5. The first-order valence-electron chi connectivity index (χ1n) is 11.8. The number of carbonyl (C=O) groups excluding carboxylic acids is 2. The van der Waals surface area contributed by atoms with E-state index in [2.05, 4.69) is 33.5 Å². The Labute approximate surface area is 215 Å². The number of rotatable bonds is 8. The van der Waals surface area contributed by atoms with E-state index in [-0.39, 0.29) is 23.0 Å². The van der Waals surface area contributed by atoms with E-state index in [0.717, 1.165) is 38.5 Å². The minimum Gasteiger partial charge on any atom is -0.492 e. The number of amides is 2. The standard InChI is InChI=1S/C26H32BrN3O3S/c1-3-4-16-33-23-15-14-18(17-21(23)27)24(31)29-26(34)28-22-13-9-8-12-20(22)25(32)30(2)19-10-6-5-7-11-19/h8-9,12-15,17,19H,3-7,10-11,16H2,1-2H3,(H2,28,29,31,34). The number of nitrogens with one attached hydrogen (secondary N) is 2. The largest absolute Gasteiger partial charge is 0.492 e. The Bertz CT molecular complexity index is 1020. The molecule has 0 unspecified atom stereocenters. The Kier molecular flexibility index (Phi) is 9.89. The summed E-state index contributed by atoms with van der Waals surface area (Å²) in [5.74, 6) is 0.299. The molecular weight excluding hydrogens is 514 g/mol. The monoisotopic (exact) mass is 545 g/mol. The Hall–Kier alpha value is -2.45. The van der Waals surface area contributed by atoms with Crippen LogP contribution in [0.5, 0.6) is 5.75 Å². The van der Waals surface area contributed by atoms with Crippen molar-refractivity contribution in [2.45, 2.75) is 57.9 Å². The maximum absolute atomic E-state index is 13.2. The van der Waals surface area contributed by atoms with Gasteiger partial charge >= 0.3 is 0 Å². The first kappa shape index (κ1) is 26.2. The number of benzene rings is 2. The van der Waals surface area contributed by atoms with Gasteiger partial charge in [-0.2, -0.15) is 0 Å². The summed E-state index contributed by atoms with van der Waals surface area (Å²) in [7, 11) is 1.86. The average molecular weight is 547 g/mol. The zero-order valence-electron chi connectivity index (χ0n) is 19.7. The molecule has 2 amide bonds. The molecule has 0 bridgehead atoms. The number of nitrogens with zero attached hydrogens (tertiary/aromatic N) is 1. The summed E-state index contributed by atoms with van der Waals surface area (Å²) in [6, 6.07) is 12.7. The first-order chi connectivity index (χ1) is 16.4. The third-order valence-corrected chi connectivity index (χ3v) is 6.85. The number of halogens is 1. The highest BCUT2D eigenvalue weighted by atomic mass is 79.9. The summed E-state index contributed by atoms with van der Waals surface area (Å²) in [4.78, 5) is 27.8. The van der Waals surface area contributed by atoms with Crippen LogP contribution in [0.2, 0.25) is 0 Å². The molecule has 3 rings (SSSR count). The Morgan fingerprint density at radius 2 is 1.88 bits per heavy atom. The van der Waals surface area contributed by atoms with Crippen LogP contribution in [-0.4, -0.2) is 41.5 Å². The van der Waals surface area contributed by atoms with Crippen LogP contribution in [0.15, 0.2) is 46.9 Å². The van der Waals surface area contributed by atoms with Crippen LogP contribution in [0.3, 0.4) is 0 Å². The van der Waals surface area contributed by atoms with Gasteiger partial charge in [-0.1, -0.05) is 44.7 Å². The lowest BCUT2D eigenvalue weighted by molar-refractivity contribution is 0.0697. The maximum atomic E-state index is 13.2. The molecule has 0 atom stereocenters. The summed E-state index contributed by atoms with van der Waals surface area (Å²) in [5.41, 5.74) is 1.55. The van der Waals surface area contributed by atoms with Gasteiger partial charge in [-0.3, -0.25) is 14.9 Å². The van der Waals surface area contributed by atoms with Gasteiger partial charge < -0.3 is 15.0 Å². The van der Waals surface area contributed by atoms with E-state index in [4.69, 9.17) is 17.0 Å². The van der Waals surface area contributed by atoms with Crippen LogP contribution in [-0.2, 0) is 0 Å². The smallest absolute Gasteiger partial charge is 0.257 e. The predicted molar refractivity (Wildman–Crippen MR) is 144 cm³/mol. The van der Waals surface area contributed by atoms with Gasteiger partial charge in [-0.25, -0.2) is 0 Å². The summed E-state index contributed by atoms with van der Waals surface area (Å²) in [6.45, 7) is 2.73. The predicted octanol–water partition coefficient (Wildman–Crippen LogP) is 6.16.